The lowest BCUT2D eigenvalue weighted by atomic mass is 9.86. The first-order chi connectivity index (χ1) is 9.23. The van der Waals surface area contributed by atoms with Crippen LogP contribution in [0.5, 0.6) is 0 Å². The Hall–Kier alpha value is -1.08. The molecule has 0 aromatic rings. The lowest BCUT2D eigenvalue weighted by Crippen LogP contribution is -2.39. The van der Waals surface area contributed by atoms with Gasteiger partial charge in [0.25, 0.3) is 0 Å². The molecule has 1 spiro atoms. The smallest absolute Gasteiger partial charge is 0.394 e. The Kier molecular flexibility index (Phi) is 4.11. The summed E-state index contributed by atoms with van der Waals surface area (Å²) >= 11 is 0. The Morgan fingerprint density at radius 3 is 2.40 bits per heavy atom. The fourth-order valence-electron chi connectivity index (χ4n) is 2.54. The molecule has 1 heterocycles. The van der Waals surface area contributed by atoms with Crippen LogP contribution < -0.4 is 5.73 Å². The molecular formula is C13H19F3N2O2. The van der Waals surface area contributed by atoms with Gasteiger partial charge in [-0.3, -0.25) is 4.99 Å². The topological polar surface area (TPSA) is 56.8 Å². The third-order valence-corrected chi connectivity index (χ3v) is 3.40. The van der Waals surface area contributed by atoms with E-state index < -0.39 is 17.7 Å². The zero-order valence-corrected chi connectivity index (χ0v) is 11.6. The van der Waals surface area contributed by atoms with Gasteiger partial charge in [-0.2, -0.15) is 13.2 Å². The van der Waals surface area contributed by atoms with Crippen LogP contribution in [0.25, 0.3) is 0 Å². The maximum absolute atomic E-state index is 12.9. The normalized spacial score (nSPS) is 27.6. The quantitative estimate of drug-likeness (QED) is 0.808. The van der Waals surface area contributed by atoms with Gasteiger partial charge in [0, 0.05) is 30.2 Å². The van der Waals surface area contributed by atoms with E-state index in [9.17, 15) is 13.2 Å². The number of hydrogen-bond donors (Lipinski definition) is 1. The largest absolute Gasteiger partial charge is 0.431 e. The first-order valence-corrected chi connectivity index (χ1v) is 6.64. The van der Waals surface area contributed by atoms with Crippen molar-refractivity contribution in [2.24, 2.45) is 10.7 Å². The summed E-state index contributed by atoms with van der Waals surface area (Å²) in [5.41, 5.74) is 4.65. The summed E-state index contributed by atoms with van der Waals surface area (Å²) in [5.74, 6) is -0.957. The highest BCUT2D eigenvalue weighted by Gasteiger charge is 2.45. The van der Waals surface area contributed by atoms with Crippen LogP contribution in [0.3, 0.4) is 0 Å². The molecule has 0 radical (unpaired) electrons. The number of nitrogens with two attached hydrogens (primary N) is 1. The summed E-state index contributed by atoms with van der Waals surface area (Å²) in [6, 6.07) is -0.0829. The van der Waals surface area contributed by atoms with Gasteiger partial charge < -0.3 is 15.2 Å². The molecule has 1 aliphatic carbocycles. The molecule has 4 nitrogen and oxygen atoms in total. The summed E-state index contributed by atoms with van der Waals surface area (Å²) in [7, 11) is 0. The van der Waals surface area contributed by atoms with Gasteiger partial charge in [0.05, 0.1) is 13.2 Å². The minimum atomic E-state index is -4.57. The lowest BCUT2D eigenvalue weighted by molar-refractivity contribution is -0.162. The molecule has 0 amide bonds. The summed E-state index contributed by atoms with van der Waals surface area (Å²) < 4.78 is 49.7. The van der Waals surface area contributed by atoms with Crippen LogP contribution >= 0.6 is 0 Å². The maximum atomic E-state index is 12.9. The van der Waals surface area contributed by atoms with Crippen LogP contribution in [-0.4, -0.2) is 36.9 Å². The fraction of sp³-hybridized carbons (Fsp3) is 0.769. The lowest BCUT2D eigenvalue weighted by Gasteiger charge is -2.34. The van der Waals surface area contributed by atoms with Crippen molar-refractivity contribution in [1.82, 2.24) is 0 Å². The van der Waals surface area contributed by atoms with Gasteiger partial charge in [-0.05, 0) is 20.3 Å². The molecule has 2 rings (SSSR count). The number of halogens is 3. The van der Waals surface area contributed by atoms with E-state index in [1.807, 2.05) is 13.8 Å². The van der Waals surface area contributed by atoms with Crippen LogP contribution in [-0.2, 0) is 9.47 Å². The first kappa shape index (κ1) is 15.3. The van der Waals surface area contributed by atoms with Crippen LogP contribution in [0.15, 0.2) is 16.3 Å². The highest BCUT2D eigenvalue weighted by Crippen LogP contribution is 2.40. The highest BCUT2D eigenvalue weighted by molar-refractivity contribution is 6.02. The molecule has 2 fully saturated rings. The van der Waals surface area contributed by atoms with E-state index >= 15 is 0 Å². The van der Waals surface area contributed by atoms with E-state index in [-0.39, 0.29) is 18.0 Å². The van der Waals surface area contributed by atoms with E-state index in [1.165, 1.54) is 0 Å². The Balaban J connectivity index is 2.38. The molecular weight excluding hydrogens is 273 g/mol. The zero-order chi connectivity index (χ0) is 15.0. The van der Waals surface area contributed by atoms with Crippen LogP contribution in [0, 0.1) is 0 Å². The molecule has 7 heteroatoms. The third kappa shape index (κ3) is 3.15. The second-order valence-corrected chi connectivity index (χ2v) is 5.34. The number of allylic oxidation sites excluding steroid dienone is 1. The van der Waals surface area contributed by atoms with Crippen molar-refractivity contribution in [2.45, 2.75) is 51.1 Å². The zero-order valence-electron chi connectivity index (χ0n) is 11.6. The molecule has 0 unspecified atom stereocenters. The summed E-state index contributed by atoms with van der Waals surface area (Å²) in [6.45, 7) is 4.44. The van der Waals surface area contributed by atoms with E-state index in [0.717, 1.165) is 0 Å². The Morgan fingerprint density at radius 1 is 1.30 bits per heavy atom. The average Bonchev–Trinajstić information content (AvgIpc) is 2.77. The van der Waals surface area contributed by atoms with Gasteiger partial charge in [-0.25, -0.2) is 0 Å². The molecule has 1 aliphatic heterocycles. The standard InChI is InChI=1S/C13H19F3N2O2/c1-8(2)18-10-3-4-12(19-5-6-20-12)7-9(10)11(17)13(14,15)16/h8H,3-7,17H2,1-2H3. The van der Waals surface area contributed by atoms with E-state index in [0.29, 0.717) is 31.8 Å². The summed E-state index contributed by atoms with van der Waals surface area (Å²) in [6.07, 6.45) is -3.68. The molecule has 114 valence electrons. The fourth-order valence-corrected chi connectivity index (χ4v) is 2.54. The number of nitrogens with zero attached hydrogens (tertiary/aromatic N) is 1. The molecule has 0 bridgehead atoms. The van der Waals surface area contributed by atoms with Crippen molar-refractivity contribution >= 4 is 5.71 Å². The number of rotatable bonds is 1. The molecule has 0 atom stereocenters. The van der Waals surface area contributed by atoms with Crippen molar-refractivity contribution in [3.8, 4) is 0 Å². The van der Waals surface area contributed by atoms with Crippen LogP contribution in [0.4, 0.5) is 13.2 Å². The third-order valence-electron chi connectivity index (χ3n) is 3.40. The van der Waals surface area contributed by atoms with Gasteiger partial charge in [-0.1, -0.05) is 0 Å². The Bertz CT molecular complexity index is 435. The monoisotopic (exact) mass is 292 g/mol. The van der Waals surface area contributed by atoms with E-state index in [4.69, 9.17) is 15.2 Å². The minimum absolute atomic E-state index is 0.00387. The van der Waals surface area contributed by atoms with Crippen molar-refractivity contribution in [3.63, 3.8) is 0 Å². The van der Waals surface area contributed by atoms with Crippen molar-refractivity contribution in [2.75, 3.05) is 13.2 Å². The number of aliphatic imine (C=N–C) groups is 1. The van der Waals surface area contributed by atoms with Crippen LogP contribution in [0.2, 0.25) is 0 Å². The van der Waals surface area contributed by atoms with Crippen LogP contribution in [0.1, 0.15) is 33.1 Å². The first-order valence-electron chi connectivity index (χ1n) is 6.64. The van der Waals surface area contributed by atoms with Gasteiger partial charge in [-0.15, -0.1) is 0 Å². The number of ether oxygens (including phenoxy) is 2. The van der Waals surface area contributed by atoms with Gasteiger partial charge in [0.15, 0.2) is 5.79 Å². The SMILES string of the molecule is CC(C)N=C1CCC2(CC1=C(N)C(F)(F)F)OCCO2. The molecule has 0 aromatic carbocycles. The van der Waals surface area contributed by atoms with Gasteiger partial charge >= 0.3 is 6.18 Å². The average molecular weight is 292 g/mol. The molecule has 2 N–H and O–H groups in total. The molecule has 1 saturated carbocycles. The van der Waals surface area contributed by atoms with E-state index in [2.05, 4.69) is 4.99 Å². The predicted octanol–water partition coefficient (Wildman–Crippen LogP) is 2.54. The molecule has 1 saturated heterocycles. The highest BCUT2D eigenvalue weighted by atomic mass is 19.4. The van der Waals surface area contributed by atoms with Gasteiger partial charge in [0.1, 0.15) is 5.70 Å². The second kappa shape index (κ2) is 5.37. The molecule has 20 heavy (non-hydrogen) atoms. The van der Waals surface area contributed by atoms with Crippen molar-refractivity contribution in [3.05, 3.63) is 11.3 Å². The molecule has 2 aliphatic rings. The predicted molar refractivity (Wildman–Crippen MR) is 68.3 cm³/mol. The summed E-state index contributed by atoms with van der Waals surface area (Å²) in [4.78, 5) is 4.27. The van der Waals surface area contributed by atoms with E-state index in [1.54, 1.807) is 0 Å². The minimum Gasteiger partial charge on any atom is -0.394 e. The second-order valence-electron chi connectivity index (χ2n) is 5.34. The number of alkyl halides is 3. The van der Waals surface area contributed by atoms with Crippen molar-refractivity contribution < 1.29 is 22.6 Å². The van der Waals surface area contributed by atoms with Crippen molar-refractivity contribution in [1.29, 1.82) is 0 Å². The Morgan fingerprint density at radius 2 is 1.90 bits per heavy atom. The van der Waals surface area contributed by atoms with Gasteiger partial charge in [0.2, 0.25) is 0 Å². The molecule has 0 aromatic heterocycles. The maximum Gasteiger partial charge on any atom is 0.431 e. The Labute approximate surface area is 115 Å². The number of hydrogen-bond acceptors (Lipinski definition) is 4. The summed E-state index contributed by atoms with van der Waals surface area (Å²) in [5, 5.41) is 0.